The molecule has 2 aromatic carbocycles. The Hall–Kier alpha value is -2.36. The van der Waals surface area contributed by atoms with Crippen molar-refractivity contribution in [2.75, 3.05) is 6.54 Å². The molecule has 3 N–H and O–H groups in total. The summed E-state index contributed by atoms with van der Waals surface area (Å²) < 4.78 is 12.7. The summed E-state index contributed by atoms with van der Waals surface area (Å²) in [6.07, 6.45) is 0.896. The minimum Gasteiger partial charge on any atom is -0.370 e. The quantitative estimate of drug-likeness (QED) is 0.648. The van der Waals surface area contributed by atoms with Crippen LogP contribution in [0.15, 0.2) is 59.6 Å². The van der Waals surface area contributed by atoms with Crippen LogP contribution >= 0.6 is 0 Å². The number of hydrogen-bond acceptors (Lipinski definition) is 1. The minimum atomic E-state index is -0.244. The number of nitrogens with two attached hydrogens (primary N) is 1. The van der Waals surface area contributed by atoms with Crippen molar-refractivity contribution >= 4 is 5.96 Å². The van der Waals surface area contributed by atoms with Crippen LogP contribution in [-0.4, -0.2) is 12.5 Å². The molecule has 20 heavy (non-hydrogen) atoms. The molecule has 0 radical (unpaired) electrons. The molecule has 0 aromatic heterocycles. The van der Waals surface area contributed by atoms with E-state index in [0.29, 0.717) is 12.5 Å². The average Bonchev–Trinajstić information content (AvgIpc) is 2.48. The predicted molar refractivity (Wildman–Crippen MR) is 79.9 cm³/mol. The molecule has 104 valence electrons. The largest absolute Gasteiger partial charge is 0.370 e. The van der Waals surface area contributed by atoms with Crippen LogP contribution < -0.4 is 11.1 Å². The van der Waals surface area contributed by atoms with Crippen LogP contribution in [0.3, 0.4) is 0 Å². The molecule has 0 atom stereocenters. The smallest absolute Gasteiger partial charge is 0.188 e. The van der Waals surface area contributed by atoms with E-state index in [-0.39, 0.29) is 5.82 Å². The Balaban J connectivity index is 1.75. The topological polar surface area (TPSA) is 50.4 Å². The van der Waals surface area contributed by atoms with E-state index in [2.05, 4.69) is 22.4 Å². The molecule has 0 amide bonds. The minimum absolute atomic E-state index is 0.244. The highest BCUT2D eigenvalue weighted by atomic mass is 19.1. The number of guanidine groups is 1. The van der Waals surface area contributed by atoms with Gasteiger partial charge >= 0.3 is 0 Å². The van der Waals surface area contributed by atoms with Gasteiger partial charge in [-0.15, -0.1) is 0 Å². The maximum absolute atomic E-state index is 12.7. The lowest BCUT2D eigenvalue weighted by atomic mass is 10.1. The third kappa shape index (κ3) is 4.72. The van der Waals surface area contributed by atoms with Crippen molar-refractivity contribution in [1.82, 2.24) is 5.32 Å². The molecule has 0 unspecified atom stereocenters. The van der Waals surface area contributed by atoms with Crippen molar-refractivity contribution in [3.05, 3.63) is 71.5 Å². The fourth-order valence-corrected chi connectivity index (χ4v) is 1.80. The lowest BCUT2D eigenvalue weighted by Gasteiger charge is -2.05. The summed E-state index contributed by atoms with van der Waals surface area (Å²) in [5, 5.41) is 3.07. The fraction of sp³-hybridized carbons (Fsp3) is 0.188. The number of hydrogen-bond donors (Lipinski definition) is 2. The van der Waals surface area contributed by atoms with E-state index < -0.39 is 0 Å². The maximum atomic E-state index is 12.7. The number of rotatable bonds is 5. The summed E-state index contributed by atoms with van der Waals surface area (Å²) in [7, 11) is 0. The van der Waals surface area contributed by atoms with Gasteiger partial charge in [-0.3, -0.25) is 0 Å². The zero-order valence-corrected chi connectivity index (χ0v) is 11.2. The van der Waals surface area contributed by atoms with Crippen LogP contribution in [0.4, 0.5) is 4.39 Å². The Bertz CT molecular complexity index is 550. The zero-order valence-electron chi connectivity index (χ0n) is 11.2. The van der Waals surface area contributed by atoms with Gasteiger partial charge in [0.05, 0.1) is 6.54 Å². The molecule has 0 aliphatic rings. The summed E-state index contributed by atoms with van der Waals surface area (Å²) in [4.78, 5) is 4.22. The van der Waals surface area contributed by atoms with Gasteiger partial charge in [0.15, 0.2) is 5.96 Å². The summed E-state index contributed by atoms with van der Waals surface area (Å²) in [6.45, 7) is 1.19. The van der Waals surface area contributed by atoms with E-state index in [1.165, 1.54) is 17.7 Å². The highest BCUT2D eigenvalue weighted by Crippen LogP contribution is 2.03. The monoisotopic (exact) mass is 271 g/mol. The zero-order chi connectivity index (χ0) is 14.2. The Labute approximate surface area is 118 Å². The molecular weight excluding hydrogens is 253 g/mol. The molecule has 0 aliphatic heterocycles. The molecule has 0 heterocycles. The molecule has 2 aromatic rings. The lowest BCUT2D eigenvalue weighted by molar-refractivity contribution is 0.627. The van der Waals surface area contributed by atoms with Crippen molar-refractivity contribution in [3.63, 3.8) is 0 Å². The lowest BCUT2D eigenvalue weighted by Crippen LogP contribution is -2.33. The van der Waals surface area contributed by atoms with E-state index in [9.17, 15) is 4.39 Å². The average molecular weight is 271 g/mol. The number of aliphatic imine (C=N–C) groups is 1. The van der Waals surface area contributed by atoms with Gasteiger partial charge < -0.3 is 11.1 Å². The Kier molecular flexibility index (Phi) is 5.12. The van der Waals surface area contributed by atoms with E-state index in [1.807, 2.05) is 18.2 Å². The third-order valence-corrected chi connectivity index (χ3v) is 2.91. The second-order valence-corrected chi connectivity index (χ2v) is 4.49. The normalized spacial score (nSPS) is 11.3. The second-order valence-electron chi connectivity index (χ2n) is 4.49. The maximum Gasteiger partial charge on any atom is 0.188 e. The van der Waals surface area contributed by atoms with E-state index in [1.54, 1.807) is 12.1 Å². The van der Waals surface area contributed by atoms with Gasteiger partial charge in [-0.2, -0.15) is 0 Å². The summed E-state index contributed by atoms with van der Waals surface area (Å²) >= 11 is 0. The summed E-state index contributed by atoms with van der Waals surface area (Å²) in [6, 6.07) is 16.4. The number of benzene rings is 2. The van der Waals surface area contributed by atoms with Crippen LogP contribution in [0.5, 0.6) is 0 Å². The first kappa shape index (κ1) is 14.1. The van der Waals surface area contributed by atoms with Crippen molar-refractivity contribution in [2.45, 2.75) is 13.0 Å². The predicted octanol–water partition coefficient (Wildman–Crippen LogP) is 2.47. The standard InChI is InChI=1S/C16H18FN3/c17-15-8-6-14(7-9-15)12-20-16(18)19-11-10-13-4-2-1-3-5-13/h1-9H,10-12H2,(H3,18,19,20). The number of nitrogens with zero attached hydrogens (tertiary/aromatic N) is 1. The van der Waals surface area contributed by atoms with Crippen LogP contribution in [0, 0.1) is 5.82 Å². The van der Waals surface area contributed by atoms with Crippen LogP contribution in [-0.2, 0) is 13.0 Å². The van der Waals surface area contributed by atoms with Crippen molar-refractivity contribution in [2.24, 2.45) is 10.7 Å². The van der Waals surface area contributed by atoms with Gasteiger partial charge in [-0.25, -0.2) is 9.38 Å². The fourth-order valence-electron chi connectivity index (χ4n) is 1.80. The van der Waals surface area contributed by atoms with E-state index >= 15 is 0 Å². The Morgan fingerprint density at radius 1 is 1.00 bits per heavy atom. The highest BCUT2D eigenvalue weighted by Gasteiger charge is 1.95. The van der Waals surface area contributed by atoms with Gasteiger partial charge in [0, 0.05) is 6.54 Å². The first-order valence-corrected chi connectivity index (χ1v) is 6.56. The Morgan fingerprint density at radius 2 is 1.70 bits per heavy atom. The van der Waals surface area contributed by atoms with Gasteiger partial charge in [0.25, 0.3) is 0 Å². The third-order valence-electron chi connectivity index (χ3n) is 2.91. The van der Waals surface area contributed by atoms with Crippen molar-refractivity contribution in [1.29, 1.82) is 0 Å². The van der Waals surface area contributed by atoms with Crippen LogP contribution in [0.2, 0.25) is 0 Å². The van der Waals surface area contributed by atoms with Gasteiger partial charge in [0.1, 0.15) is 5.82 Å². The molecule has 0 saturated carbocycles. The van der Waals surface area contributed by atoms with Gasteiger partial charge in [-0.1, -0.05) is 42.5 Å². The number of nitrogens with one attached hydrogen (secondary N) is 1. The first-order chi connectivity index (χ1) is 9.74. The van der Waals surface area contributed by atoms with Gasteiger partial charge in [0.2, 0.25) is 0 Å². The van der Waals surface area contributed by atoms with Gasteiger partial charge in [-0.05, 0) is 29.7 Å². The number of halogens is 1. The molecule has 0 bridgehead atoms. The molecular formula is C16H18FN3. The highest BCUT2D eigenvalue weighted by molar-refractivity contribution is 5.77. The van der Waals surface area contributed by atoms with Crippen LogP contribution in [0.1, 0.15) is 11.1 Å². The molecule has 4 heteroatoms. The first-order valence-electron chi connectivity index (χ1n) is 6.56. The van der Waals surface area contributed by atoms with Crippen molar-refractivity contribution < 1.29 is 4.39 Å². The van der Waals surface area contributed by atoms with E-state index in [0.717, 1.165) is 18.5 Å². The summed E-state index contributed by atoms with van der Waals surface area (Å²) in [5.74, 6) is 0.164. The summed E-state index contributed by atoms with van der Waals surface area (Å²) in [5.41, 5.74) is 7.97. The molecule has 0 saturated heterocycles. The second kappa shape index (κ2) is 7.28. The molecule has 2 rings (SSSR count). The van der Waals surface area contributed by atoms with E-state index in [4.69, 9.17) is 5.73 Å². The van der Waals surface area contributed by atoms with Crippen molar-refractivity contribution in [3.8, 4) is 0 Å². The Morgan fingerprint density at radius 3 is 2.40 bits per heavy atom. The molecule has 0 aliphatic carbocycles. The SMILES string of the molecule is NC(=NCc1ccc(F)cc1)NCCc1ccccc1. The molecule has 0 fully saturated rings. The molecule has 3 nitrogen and oxygen atoms in total. The molecule has 0 spiro atoms. The van der Waals surface area contributed by atoms with Crippen LogP contribution in [0.25, 0.3) is 0 Å².